The fourth-order valence-corrected chi connectivity index (χ4v) is 2.88. The largest absolute Gasteiger partial charge is 0.338 e. The van der Waals surface area contributed by atoms with Crippen LogP contribution in [-0.4, -0.2) is 23.3 Å². The Morgan fingerprint density at radius 2 is 1.83 bits per heavy atom. The summed E-state index contributed by atoms with van der Waals surface area (Å²) >= 11 is 0. The highest BCUT2D eigenvalue weighted by molar-refractivity contribution is 6.04. The Balaban J connectivity index is 1.65. The molecule has 124 valence electrons. The Bertz CT molecular complexity index is 766. The lowest BCUT2D eigenvalue weighted by Gasteiger charge is -2.15. The van der Waals surface area contributed by atoms with Gasteiger partial charge < -0.3 is 10.2 Å². The van der Waals surface area contributed by atoms with Crippen LogP contribution in [0.5, 0.6) is 0 Å². The van der Waals surface area contributed by atoms with Gasteiger partial charge in [0.1, 0.15) is 0 Å². The molecule has 2 aromatic rings. The molecule has 0 saturated carbocycles. The first kappa shape index (κ1) is 16.2. The van der Waals surface area contributed by atoms with E-state index in [4.69, 9.17) is 0 Å². The van der Waals surface area contributed by atoms with Crippen molar-refractivity contribution in [2.24, 2.45) is 0 Å². The van der Waals surface area contributed by atoms with E-state index in [1.807, 2.05) is 61.2 Å². The summed E-state index contributed by atoms with van der Waals surface area (Å²) in [6.07, 6.45) is 1.59. The van der Waals surface area contributed by atoms with Gasteiger partial charge in [0, 0.05) is 30.8 Å². The Morgan fingerprint density at radius 1 is 1.08 bits per heavy atom. The molecule has 0 bridgehead atoms. The van der Waals surface area contributed by atoms with Crippen molar-refractivity contribution in [3.63, 3.8) is 0 Å². The van der Waals surface area contributed by atoms with E-state index in [-0.39, 0.29) is 11.8 Å². The van der Waals surface area contributed by atoms with Crippen LogP contribution in [0.1, 0.15) is 39.9 Å². The van der Waals surface area contributed by atoms with Crippen molar-refractivity contribution in [2.45, 2.75) is 33.2 Å². The van der Waals surface area contributed by atoms with Gasteiger partial charge >= 0.3 is 0 Å². The lowest BCUT2D eigenvalue weighted by Crippen LogP contribution is -2.23. The van der Waals surface area contributed by atoms with E-state index in [0.717, 1.165) is 29.8 Å². The summed E-state index contributed by atoms with van der Waals surface area (Å²) in [7, 11) is 0. The van der Waals surface area contributed by atoms with Gasteiger partial charge in [0.25, 0.3) is 5.91 Å². The van der Waals surface area contributed by atoms with E-state index < -0.39 is 0 Å². The Morgan fingerprint density at radius 3 is 2.46 bits per heavy atom. The second-order valence-electron chi connectivity index (χ2n) is 6.37. The zero-order valence-corrected chi connectivity index (χ0v) is 14.1. The molecular weight excluding hydrogens is 300 g/mol. The molecule has 0 unspecified atom stereocenters. The summed E-state index contributed by atoms with van der Waals surface area (Å²) in [6, 6.07) is 13.3. The average Bonchev–Trinajstić information content (AvgIpc) is 2.97. The van der Waals surface area contributed by atoms with Crippen LogP contribution < -0.4 is 5.32 Å². The number of benzene rings is 2. The molecule has 2 amide bonds. The molecule has 1 aliphatic heterocycles. The maximum Gasteiger partial charge on any atom is 0.255 e. The lowest BCUT2D eigenvalue weighted by atomic mass is 10.1. The van der Waals surface area contributed by atoms with Crippen molar-refractivity contribution >= 4 is 17.5 Å². The molecule has 0 aromatic heterocycles. The summed E-state index contributed by atoms with van der Waals surface area (Å²) in [5, 5.41) is 2.92. The van der Waals surface area contributed by atoms with E-state index in [1.54, 1.807) is 0 Å². The first-order valence-corrected chi connectivity index (χ1v) is 8.28. The van der Waals surface area contributed by atoms with Crippen molar-refractivity contribution < 1.29 is 9.59 Å². The van der Waals surface area contributed by atoms with Gasteiger partial charge in [-0.1, -0.05) is 18.2 Å². The smallest absolute Gasteiger partial charge is 0.255 e. The van der Waals surface area contributed by atoms with Crippen LogP contribution >= 0.6 is 0 Å². The number of hydrogen-bond donors (Lipinski definition) is 1. The first-order valence-electron chi connectivity index (χ1n) is 8.28. The third kappa shape index (κ3) is 3.65. The van der Waals surface area contributed by atoms with Gasteiger partial charge in [0.2, 0.25) is 5.91 Å². The first-order chi connectivity index (χ1) is 11.5. The number of nitrogens with one attached hydrogen (secondary N) is 1. The van der Waals surface area contributed by atoms with Gasteiger partial charge in [-0.2, -0.15) is 0 Å². The molecule has 0 radical (unpaired) electrons. The molecule has 1 saturated heterocycles. The molecule has 0 spiro atoms. The molecule has 1 aliphatic rings. The maximum atomic E-state index is 12.3. The number of hydrogen-bond acceptors (Lipinski definition) is 2. The van der Waals surface area contributed by atoms with Gasteiger partial charge in [0.15, 0.2) is 0 Å². The minimum Gasteiger partial charge on any atom is -0.338 e. The quantitative estimate of drug-likeness (QED) is 0.933. The van der Waals surface area contributed by atoms with Crippen LogP contribution in [-0.2, 0) is 11.3 Å². The molecule has 0 aliphatic carbocycles. The van der Waals surface area contributed by atoms with E-state index in [2.05, 4.69) is 5.32 Å². The third-order valence-corrected chi connectivity index (χ3v) is 4.53. The van der Waals surface area contributed by atoms with Crippen LogP contribution in [0.3, 0.4) is 0 Å². The minimum absolute atomic E-state index is 0.123. The fraction of sp³-hybridized carbons (Fsp3) is 0.300. The van der Waals surface area contributed by atoms with Crippen molar-refractivity contribution in [1.82, 2.24) is 4.90 Å². The average molecular weight is 322 g/mol. The molecule has 24 heavy (non-hydrogen) atoms. The van der Waals surface area contributed by atoms with Crippen molar-refractivity contribution in [2.75, 3.05) is 11.9 Å². The van der Waals surface area contributed by atoms with Crippen molar-refractivity contribution in [3.8, 4) is 0 Å². The number of carbonyl (C=O) groups is 2. The van der Waals surface area contributed by atoms with E-state index in [9.17, 15) is 9.59 Å². The SMILES string of the molecule is Cc1ccc(NC(=O)c2ccc(CN3CCCC3=O)cc2)cc1C. The molecule has 0 atom stereocenters. The molecule has 2 aromatic carbocycles. The van der Waals surface area contributed by atoms with Gasteiger partial charge in [-0.3, -0.25) is 9.59 Å². The summed E-state index contributed by atoms with van der Waals surface area (Å²) in [4.78, 5) is 25.9. The number of carbonyl (C=O) groups excluding carboxylic acids is 2. The van der Waals surface area contributed by atoms with Crippen molar-refractivity contribution in [3.05, 3.63) is 64.7 Å². The van der Waals surface area contributed by atoms with Crippen LogP contribution in [0.2, 0.25) is 0 Å². The number of nitrogens with zero attached hydrogens (tertiary/aromatic N) is 1. The monoisotopic (exact) mass is 322 g/mol. The number of rotatable bonds is 4. The van der Waals surface area contributed by atoms with Crippen molar-refractivity contribution in [1.29, 1.82) is 0 Å². The summed E-state index contributed by atoms with van der Waals surface area (Å²) in [6.45, 7) is 5.52. The number of amides is 2. The van der Waals surface area contributed by atoms with Gasteiger partial charge in [-0.15, -0.1) is 0 Å². The van der Waals surface area contributed by atoms with E-state index in [1.165, 1.54) is 5.56 Å². The molecular formula is C20H22N2O2. The third-order valence-electron chi connectivity index (χ3n) is 4.53. The maximum absolute atomic E-state index is 12.3. The Hall–Kier alpha value is -2.62. The minimum atomic E-state index is -0.123. The normalized spacial score (nSPS) is 14.1. The van der Waals surface area contributed by atoms with Gasteiger partial charge in [-0.05, 0) is 61.2 Å². The zero-order chi connectivity index (χ0) is 17.1. The molecule has 4 heteroatoms. The zero-order valence-electron chi connectivity index (χ0n) is 14.1. The van der Waals surface area contributed by atoms with Crippen LogP contribution in [0.25, 0.3) is 0 Å². The highest BCUT2D eigenvalue weighted by Crippen LogP contribution is 2.17. The van der Waals surface area contributed by atoms with Gasteiger partial charge in [0.05, 0.1) is 0 Å². The van der Waals surface area contributed by atoms with Crippen LogP contribution in [0.15, 0.2) is 42.5 Å². The summed E-state index contributed by atoms with van der Waals surface area (Å²) in [5.74, 6) is 0.0913. The van der Waals surface area contributed by atoms with Gasteiger partial charge in [-0.25, -0.2) is 0 Å². The van der Waals surface area contributed by atoms with E-state index in [0.29, 0.717) is 18.5 Å². The molecule has 1 fully saturated rings. The number of anilines is 1. The Labute approximate surface area is 142 Å². The Kier molecular flexibility index (Phi) is 4.65. The molecule has 1 heterocycles. The van der Waals surface area contributed by atoms with Crippen LogP contribution in [0.4, 0.5) is 5.69 Å². The number of aryl methyl sites for hydroxylation is 2. The second-order valence-corrected chi connectivity index (χ2v) is 6.37. The van der Waals surface area contributed by atoms with Crippen LogP contribution in [0, 0.1) is 13.8 Å². The second kappa shape index (κ2) is 6.87. The number of likely N-dealkylation sites (tertiary alicyclic amines) is 1. The molecule has 4 nitrogen and oxygen atoms in total. The highest BCUT2D eigenvalue weighted by Gasteiger charge is 2.20. The standard InChI is InChI=1S/C20H22N2O2/c1-14-5-10-18(12-15(14)2)21-20(24)17-8-6-16(7-9-17)13-22-11-3-4-19(22)23/h5-10,12H,3-4,11,13H2,1-2H3,(H,21,24). The summed E-state index contributed by atoms with van der Waals surface area (Å²) in [5.41, 5.74) is 4.82. The molecule has 3 rings (SSSR count). The lowest BCUT2D eigenvalue weighted by molar-refractivity contribution is -0.128. The summed E-state index contributed by atoms with van der Waals surface area (Å²) < 4.78 is 0. The molecule has 1 N–H and O–H groups in total. The topological polar surface area (TPSA) is 49.4 Å². The predicted molar refractivity (Wildman–Crippen MR) is 95.0 cm³/mol. The fourth-order valence-electron chi connectivity index (χ4n) is 2.88. The predicted octanol–water partition coefficient (Wildman–Crippen LogP) is 3.68. The van der Waals surface area contributed by atoms with E-state index >= 15 is 0 Å². The highest BCUT2D eigenvalue weighted by atomic mass is 16.2.